The summed E-state index contributed by atoms with van der Waals surface area (Å²) in [4.78, 5) is 19.9. The summed E-state index contributed by atoms with van der Waals surface area (Å²) in [6.07, 6.45) is 1.86. The van der Waals surface area contributed by atoms with Crippen molar-refractivity contribution >= 4 is 34.6 Å². The highest BCUT2D eigenvalue weighted by molar-refractivity contribution is 8.19. The van der Waals surface area contributed by atoms with Gasteiger partial charge in [-0.05, 0) is 53.2 Å². The maximum Gasteiger partial charge on any atom is 0.271 e. The van der Waals surface area contributed by atoms with E-state index in [4.69, 9.17) is 0 Å². The summed E-state index contributed by atoms with van der Waals surface area (Å²) >= 11 is 1.33. The van der Waals surface area contributed by atoms with Crippen molar-refractivity contribution in [2.75, 3.05) is 4.90 Å². The molecule has 0 saturated carbocycles. The van der Waals surface area contributed by atoms with Gasteiger partial charge in [0, 0.05) is 0 Å². The van der Waals surface area contributed by atoms with E-state index in [2.05, 4.69) is 4.99 Å². The molecule has 1 amide bonds. The lowest BCUT2D eigenvalue weighted by Gasteiger charge is -2.15. The molecule has 1 aliphatic rings. The number of hydrogen-bond acceptors (Lipinski definition) is 3. The van der Waals surface area contributed by atoms with Crippen LogP contribution in [-0.4, -0.2) is 11.1 Å². The Kier molecular flexibility index (Phi) is 5.35. The molecule has 0 bridgehead atoms. The smallest absolute Gasteiger partial charge is 0.268 e. The topological polar surface area (TPSA) is 32.7 Å². The van der Waals surface area contributed by atoms with Gasteiger partial charge >= 0.3 is 0 Å². The Bertz CT molecular complexity index is 1030. The second kappa shape index (κ2) is 8.23. The molecule has 1 heterocycles. The van der Waals surface area contributed by atoms with Crippen molar-refractivity contribution in [2.24, 2.45) is 4.99 Å². The summed E-state index contributed by atoms with van der Waals surface area (Å²) in [5.74, 6) is -0.502. The lowest BCUT2D eigenvalue weighted by Crippen LogP contribution is -2.28. The van der Waals surface area contributed by atoms with E-state index in [1.165, 1.54) is 23.9 Å². The highest BCUT2D eigenvalue weighted by atomic mass is 32.2. The lowest BCUT2D eigenvalue weighted by atomic mass is 10.2. The maximum absolute atomic E-state index is 13.4. The van der Waals surface area contributed by atoms with E-state index in [0.717, 1.165) is 11.1 Å². The van der Waals surface area contributed by atoms with Gasteiger partial charge in [-0.25, -0.2) is 4.39 Å². The first-order chi connectivity index (χ1) is 13.7. The highest BCUT2D eigenvalue weighted by Gasteiger charge is 2.34. The number of amidine groups is 1. The van der Waals surface area contributed by atoms with Gasteiger partial charge in [-0.1, -0.05) is 60.7 Å². The molecule has 4 rings (SSSR count). The third kappa shape index (κ3) is 4.05. The minimum absolute atomic E-state index is 0.160. The van der Waals surface area contributed by atoms with E-state index in [1.807, 2.05) is 66.7 Å². The Hall–Kier alpha value is -3.18. The summed E-state index contributed by atoms with van der Waals surface area (Å²) in [5, 5.41) is 0.586. The molecule has 3 nitrogen and oxygen atoms in total. The van der Waals surface area contributed by atoms with Crippen molar-refractivity contribution in [3.05, 3.63) is 107 Å². The number of thioether (sulfide) groups is 1. The Morgan fingerprint density at radius 1 is 0.893 bits per heavy atom. The molecular formula is C23H17FN2OS. The third-order valence-corrected chi connectivity index (χ3v) is 5.23. The molecule has 0 N–H and O–H groups in total. The summed E-state index contributed by atoms with van der Waals surface area (Å²) in [5.41, 5.74) is 2.60. The molecule has 28 heavy (non-hydrogen) atoms. The number of aliphatic imine (C=N–C) groups is 1. The van der Waals surface area contributed by atoms with Crippen molar-refractivity contribution in [1.82, 2.24) is 0 Å². The monoisotopic (exact) mass is 388 g/mol. The van der Waals surface area contributed by atoms with Crippen LogP contribution in [0.3, 0.4) is 0 Å². The van der Waals surface area contributed by atoms with E-state index in [1.54, 1.807) is 17.0 Å². The van der Waals surface area contributed by atoms with Crippen molar-refractivity contribution in [3.8, 4) is 0 Å². The van der Waals surface area contributed by atoms with Crippen molar-refractivity contribution < 1.29 is 9.18 Å². The van der Waals surface area contributed by atoms with Crippen LogP contribution in [0.5, 0.6) is 0 Å². The largest absolute Gasteiger partial charge is 0.271 e. The molecule has 0 atom stereocenters. The maximum atomic E-state index is 13.4. The molecule has 0 radical (unpaired) electrons. The molecule has 1 aliphatic heterocycles. The molecular weight excluding hydrogens is 371 g/mol. The normalized spacial score (nSPS) is 16.9. The first-order valence-corrected chi connectivity index (χ1v) is 9.65. The number of carbonyl (C=O) groups excluding carboxylic acids is 1. The number of benzene rings is 3. The molecule has 138 valence electrons. The number of rotatable bonds is 4. The first kappa shape index (κ1) is 18.2. The van der Waals surface area contributed by atoms with E-state index in [9.17, 15) is 9.18 Å². The molecule has 0 spiro atoms. The standard InChI is InChI=1S/C23H17FN2OS/c24-19-11-13-20(14-12-19)26-22(27)21(15-17-7-3-1-4-8-17)28-23(26)25-16-18-9-5-2-6-10-18/h1-15H,16H2/b21-15-,25-23?. The molecule has 1 saturated heterocycles. The summed E-state index contributed by atoms with van der Waals surface area (Å²) in [7, 11) is 0. The number of nitrogens with zero attached hydrogens (tertiary/aromatic N) is 2. The van der Waals surface area contributed by atoms with Crippen molar-refractivity contribution in [2.45, 2.75) is 6.54 Å². The van der Waals surface area contributed by atoms with Crippen LogP contribution in [0, 0.1) is 5.82 Å². The van der Waals surface area contributed by atoms with Crippen LogP contribution in [-0.2, 0) is 11.3 Å². The quantitative estimate of drug-likeness (QED) is 0.553. The van der Waals surface area contributed by atoms with E-state index in [-0.39, 0.29) is 11.7 Å². The van der Waals surface area contributed by atoms with Crippen LogP contribution in [0.1, 0.15) is 11.1 Å². The van der Waals surface area contributed by atoms with Gasteiger partial charge in [0.05, 0.1) is 17.1 Å². The van der Waals surface area contributed by atoms with Crippen molar-refractivity contribution in [3.63, 3.8) is 0 Å². The average molecular weight is 388 g/mol. The van der Waals surface area contributed by atoms with Gasteiger partial charge in [-0.15, -0.1) is 0 Å². The molecule has 0 unspecified atom stereocenters. The molecule has 0 aromatic heterocycles. The number of halogens is 1. The van der Waals surface area contributed by atoms with Gasteiger partial charge in [-0.3, -0.25) is 14.7 Å². The predicted octanol–water partition coefficient (Wildman–Crippen LogP) is 5.50. The Balaban J connectivity index is 1.69. The number of amides is 1. The minimum Gasteiger partial charge on any atom is -0.268 e. The third-order valence-electron chi connectivity index (χ3n) is 4.23. The van der Waals surface area contributed by atoms with Crippen LogP contribution in [0.2, 0.25) is 0 Å². The van der Waals surface area contributed by atoms with Crippen LogP contribution in [0.15, 0.2) is 94.8 Å². The van der Waals surface area contributed by atoms with Crippen molar-refractivity contribution in [1.29, 1.82) is 0 Å². The van der Waals surface area contributed by atoms with Gasteiger partial charge in [0.2, 0.25) is 0 Å². The first-order valence-electron chi connectivity index (χ1n) is 8.84. The number of carbonyl (C=O) groups is 1. The number of anilines is 1. The summed E-state index contributed by atoms with van der Waals surface area (Å²) in [6.45, 7) is 0.465. The van der Waals surface area contributed by atoms with Gasteiger partial charge in [0.1, 0.15) is 5.82 Å². The fourth-order valence-electron chi connectivity index (χ4n) is 2.84. The van der Waals surface area contributed by atoms with E-state index in [0.29, 0.717) is 22.3 Å². The van der Waals surface area contributed by atoms with E-state index < -0.39 is 0 Å². The van der Waals surface area contributed by atoms with E-state index >= 15 is 0 Å². The zero-order chi connectivity index (χ0) is 19.3. The lowest BCUT2D eigenvalue weighted by molar-refractivity contribution is -0.113. The Morgan fingerprint density at radius 3 is 2.21 bits per heavy atom. The average Bonchev–Trinajstić information content (AvgIpc) is 3.04. The Morgan fingerprint density at radius 2 is 1.54 bits per heavy atom. The molecule has 0 aliphatic carbocycles. The van der Waals surface area contributed by atoms with Crippen LogP contribution < -0.4 is 4.90 Å². The van der Waals surface area contributed by atoms with Gasteiger partial charge in [0.25, 0.3) is 5.91 Å². The SMILES string of the molecule is O=C1/C(=C/c2ccccc2)SC(=NCc2ccccc2)N1c1ccc(F)cc1. The fraction of sp³-hybridized carbons (Fsp3) is 0.0435. The van der Waals surface area contributed by atoms with Gasteiger partial charge in [-0.2, -0.15) is 0 Å². The Labute approximate surface area is 167 Å². The van der Waals surface area contributed by atoms with Crippen LogP contribution in [0.25, 0.3) is 6.08 Å². The van der Waals surface area contributed by atoms with Crippen LogP contribution >= 0.6 is 11.8 Å². The molecule has 3 aromatic carbocycles. The second-order valence-electron chi connectivity index (χ2n) is 6.22. The zero-order valence-corrected chi connectivity index (χ0v) is 15.8. The van der Waals surface area contributed by atoms with Gasteiger partial charge in [0.15, 0.2) is 5.17 Å². The number of hydrogen-bond donors (Lipinski definition) is 0. The van der Waals surface area contributed by atoms with Crippen LogP contribution in [0.4, 0.5) is 10.1 Å². The zero-order valence-electron chi connectivity index (χ0n) is 15.0. The fourth-order valence-corrected chi connectivity index (χ4v) is 3.82. The summed E-state index contributed by atoms with van der Waals surface area (Å²) < 4.78 is 13.4. The minimum atomic E-state index is -0.342. The van der Waals surface area contributed by atoms with Gasteiger partial charge < -0.3 is 0 Å². The highest BCUT2D eigenvalue weighted by Crippen LogP contribution is 2.36. The molecule has 1 fully saturated rings. The summed E-state index contributed by atoms with van der Waals surface area (Å²) in [6, 6.07) is 25.4. The molecule has 3 aromatic rings. The molecule has 5 heteroatoms. The second-order valence-corrected chi connectivity index (χ2v) is 7.23. The predicted molar refractivity (Wildman–Crippen MR) is 113 cm³/mol.